The van der Waals surface area contributed by atoms with Gasteiger partial charge in [0.1, 0.15) is 11.5 Å². The van der Waals surface area contributed by atoms with Crippen LogP contribution in [0.25, 0.3) is 0 Å². The molecule has 1 aromatic heterocycles. The van der Waals surface area contributed by atoms with Crippen molar-refractivity contribution in [1.82, 2.24) is 20.2 Å². The maximum absolute atomic E-state index is 12.9. The van der Waals surface area contributed by atoms with E-state index in [0.29, 0.717) is 25.2 Å². The fraction of sp³-hybridized carbons (Fsp3) is 0.421. The van der Waals surface area contributed by atoms with Crippen molar-refractivity contribution in [2.75, 3.05) is 13.1 Å². The Bertz CT molecular complexity index is 745. The van der Waals surface area contributed by atoms with Crippen molar-refractivity contribution in [3.8, 4) is 0 Å². The monoisotopic (exact) mass is 358 g/mol. The predicted octanol–water partition coefficient (Wildman–Crippen LogP) is 2.15. The number of rotatable bonds is 6. The highest BCUT2D eigenvalue weighted by molar-refractivity contribution is 5.92. The summed E-state index contributed by atoms with van der Waals surface area (Å²) in [6, 6.07) is 6.34. The highest BCUT2D eigenvalue weighted by atomic mass is 19.1. The van der Waals surface area contributed by atoms with E-state index < -0.39 is 0 Å². The lowest BCUT2D eigenvalue weighted by Crippen LogP contribution is -2.40. The fourth-order valence-corrected chi connectivity index (χ4v) is 3.19. The smallest absolute Gasteiger partial charge is 0.269 e. The minimum absolute atomic E-state index is 0.0425. The van der Waals surface area contributed by atoms with Gasteiger partial charge in [-0.15, -0.1) is 0 Å². The number of carbonyl (C=O) groups excluding carboxylic acids is 2. The van der Waals surface area contributed by atoms with Gasteiger partial charge in [0, 0.05) is 25.0 Å². The molecule has 1 unspecified atom stereocenters. The summed E-state index contributed by atoms with van der Waals surface area (Å²) in [6.45, 7) is 3.09. The van der Waals surface area contributed by atoms with Gasteiger partial charge in [0.25, 0.3) is 5.91 Å². The molecular formula is C19H23FN4O2. The van der Waals surface area contributed by atoms with Crippen molar-refractivity contribution in [2.45, 2.75) is 32.2 Å². The molecule has 0 radical (unpaired) electrons. The molecule has 7 heteroatoms. The van der Waals surface area contributed by atoms with Crippen LogP contribution in [0, 0.1) is 11.7 Å². The highest BCUT2D eigenvalue weighted by Crippen LogP contribution is 2.17. The molecule has 26 heavy (non-hydrogen) atoms. The van der Waals surface area contributed by atoms with Crippen molar-refractivity contribution in [2.24, 2.45) is 5.92 Å². The number of aromatic amines is 1. The molecule has 1 fully saturated rings. The Balaban J connectivity index is 1.45. The standard InChI is InChI=1S/C19H23FN4O2/c1-13(2-3-14-4-6-15(20)7-5-14)19(26)24-9-8-16(11-24)23-18(25)17-10-21-12-22-17/h4-7,10,12-13,16H,2-3,8-9,11H2,1H3,(H,21,22)(H,23,25)/t13?,16-/m1/s1. The van der Waals surface area contributed by atoms with Gasteiger partial charge < -0.3 is 15.2 Å². The second-order valence-electron chi connectivity index (χ2n) is 6.77. The molecule has 0 bridgehead atoms. The van der Waals surface area contributed by atoms with E-state index in [1.807, 2.05) is 11.8 Å². The number of hydrogen-bond donors (Lipinski definition) is 2. The van der Waals surface area contributed by atoms with Gasteiger partial charge in [-0.25, -0.2) is 9.37 Å². The van der Waals surface area contributed by atoms with E-state index in [1.165, 1.54) is 24.7 Å². The van der Waals surface area contributed by atoms with Crippen LogP contribution in [0.15, 0.2) is 36.8 Å². The van der Waals surface area contributed by atoms with Crippen LogP contribution in [0.4, 0.5) is 4.39 Å². The second-order valence-corrected chi connectivity index (χ2v) is 6.77. The molecule has 1 aliphatic heterocycles. The summed E-state index contributed by atoms with van der Waals surface area (Å²) in [7, 11) is 0. The van der Waals surface area contributed by atoms with Crippen molar-refractivity contribution in [3.63, 3.8) is 0 Å². The lowest BCUT2D eigenvalue weighted by molar-refractivity contribution is -0.134. The third kappa shape index (κ3) is 4.47. The van der Waals surface area contributed by atoms with Gasteiger partial charge in [-0.05, 0) is 37.0 Å². The number of hydrogen-bond acceptors (Lipinski definition) is 3. The predicted molar refractivity (Wildman–Crippen MR) is 94.9 cm³/mol. The Hall–Kier alpha value is -2.70. The first-order valence-corrected chi connectivity index (χ1v) is 8.85. The molecule has 1 aliphatic rings. The lowest BCUT2D eigenvalue weighted by Gasteiger charge is -2.21. The van der Waals surface area contributed by atoms with Crippen LogP contribution in [0.3, 0.4) is 0 Å². The summed E-state index contributed by atoms with van der Waals surface area (Å²) < 4.78 is 12.9. The van der Waals surface area contributed by atoms with Gasteiger partial charge in [0.2, 0.25) is 5.91 Å². The van der Waals surface area contributed by atoms with Crippen LogP contribution in [0.5, 0.6) is 0 Å². The third-order valence-electron chi connectivity index (χ3n) is 4.78. The molecule has 2 atom stereocenters. The maximum atomic E-state index is 12.9. The van der Waals surface area contributed by atoms with E-state index in [1.54, 1.807) is 12.1 Å². The largest absolute Gasteiger partial charge is 0.346 e. The number of benzene rings is 1. The summed E-state index contributed by atoms with van der Waals surface area (Å²) in [5.41, 5.74) is 1.44. The van der Waals surface area contributed by atoms with Crippen LogP contribution in [-0.4, -0.2) is 45.8 Å². The minimum Gasteiger partial charge on any atom is -0.346 e. The molecule has 0 saturated carbocycles. The summed E-state index contributed by atoms with van der Waals surface area (Å²) in [5, 5.41) is 2.93. The van der Waals surface area contributed by atoms with Gasteiger partial charge in [-0.1, -0.05) is 19.1 Å². The first-order chi connectivity index (χ1) is 12.5. The van der Waals surface area contributed by atoms with Crippen LogP contribution >= 0.6 is 0 Å². The van der Waals surface area contributed by atoms with Gasteiger partial charge >= 0.3 is 0 Å². The molecule has 138 valence electrons. The molecule has 6 nitrogen and oxygen atoms in total. The normalized spacial score (nSPS) is 17.9. The van der Waals surface area contributed by atoms with Gasteiger partial charge in [-0.3, -0.25) is 9.59 Å². The molecule has 2 N–H and O–H groups in total. The molecule has 2 aromatic rings. The first-order valence-electron chi connectivity index (χ1n) is 8.85. The molecule has 3 rings (SSSR count). The van der Waals surface area contributed by atoms with E-state index >= 15 is 0 Å². The summed E-state index contributed by atoms with van der Waals surface area (Å²) in [4.78, 5) is 33.1. The zero-order valence-corrected chi connectivity index (χ0v) is 14.7. The van der Waals surface area contributed by atoms with Crippen molar-refractivity contribution >= 4 is 11.8 Å². The SMILES string of the molecule is CC(CCc1ccc(F)cc1)C(=O)N1CC[C@@H](NC(=O)c2cnc[nH]2)C1. The number of amides is 2. The Morgan fingerprint density at radius 1 is 1.38 bits per heavy atom. The van der Waals surface area contributed by atoms with Crippen LogP contribution < -0.4 is 5.32 Å². The number of imidazole rings is 1. The number of aryl methyl sites for hydroxylation is 1. The number of aromatic nitrogens is 2. The molecule has 0 spiro atoms. The van der Waals surface area contributed by atoms with Gasteiger partial charge in [-0.2, -0.15) is 0 Å². The second kappa shape index (κ2) is 8.12. The number of likely N-dealkylation sites (tertiary alicyclic amines) is 1. The number of H-pyrrole nitrogens is 1. The number of halogens is 1. The minimum atomic E-state index is -0.252. The molecule has 2 heterocycles. The average Bonchev–Trinajstić information content (AvgIpc) is 3.32. The van der Waals surface area contributed by atoms with Crippen LogP contribution in [0.1, 0.15) is 35.8 Å². The summed E-state index contributed by atoms with van der Waals surface area (Å²) in [6.07, 6.45) is 5.14. The summed E-state index contributed by atoms with van der Waals surface area (Å²) >= 11 is 0. The van der Waals surface area contributed by atoms with Crippen LogP contribution in [0.2, 0.25) is 0 Å². The molecule has 2 amide bonds. The number of nitrogens with one attached hydrogen (secondary N) is 2. The van der Waals surface area contributed by atoms with Crippen molar-refractivity contribution in [3.05, 3.63) is 53.9 Å². The maximum Gasteiger partial charge on any atom is 0.269 e. The Labute approximate surface area is 151 Å². The van der Waals surface area contributed by atoms with Crippen molar-refractivity contribution in [1.29, 1.82) is 0 Å². The van der Waals surface area contributed by atoms with E-state index in [-0.39, 0.29) is 29.6 Å². The van der Waals surface area contributed by atoms with E-state index in [4.69, 9.17) is 0 Å². The van der Waals surface area contributed by atoms with E-state index in [2.05, 4.69) is 15.3 Å². The van der Waals surface area contributed by atoms with Gasteiger partial charge in [0.15, 0.2) is 0 Å². The molecule has 0 aliphatic carbocycles. The summed E-state index contributed by atoms with van der Waals surface area (Å²) in [5.74, 6) is -0.461. The van der Waals surface area contributed by atoms with Gasteiger partial charge in [0.05, 0.1) is 12.5 Å². The quantitative estimate of drug-likeness (QED) is 0.831. The molecule has 1 aromatic carbocycles. The number of carbonyl (C=O) groups is 2. The van der Waals surface area contributed by atoms with Crippen molar-refractivity contribution < 1.29 is 14.0 Å². The highest BCUT2D eigenvalue weighted by Gasteiger charge is 2.30. The molecule has 1 saturated heterocycles. The van der Waals surface area contributed by atoms with E-state index in [0.717, 1.165) is 18.4 Å². The zero-order chi connectivity index (χ0) is 18.5. The number of nitrogens with zero attached hydrogens (tertiary/aromatic N) is 2. The van der Waals surface area contributed by atoms with Crippen LogP contribution in [-0.2, 0) is 11.2 Å². The third-order valence-corrected chi connectivity index (χ3v) is 4.78. The Morgan fingerprint density at radius 3 is 2.85 bits per heavy atom. The fourth-order valence-electron chi connectivity index (χ4n) is 3.19. The molecular weight excluding hydrogens is 335 g/mol. The van der Waals surface area contributed by atoms with E-state index in [9.17, 15) is 14.0 Å². The topological polar surface area (TPSA) is 78.1 Å². The Morgan fingerprint density at radius 2 is 2.15 bits per heavy atom. The average molecular weight is 358 g/mol. The Kier molecular flexibility index (Phi) is 5.65. The first kappa shape index (κ1) is 18.1. The zero-order valence-electron chi connectivity index (χ0n) is 14.7. The lowest BCUT2D eigenvalue weighted by atomic mass is 10.00.